The standard InChI is InChI=1S/C31H30Cl3N5O4/c1-5-37(3)31(42)21-11-8-20(9-12-21)10-15-26(40)35-17-27(41)38(4)24-14-13-23(32)22(28(24)33)18-43-25-7-6-16-39-29(34)19(2)36-30(25)39/h6-16H,5,17-18H2,1-4H3,(H,35,40)/b15-10+. The summed E-state index contributed by atoms with van der Waals surface area (Å²) in [5.74, 6) is -0.435. The van der Waals surface area contributed by atoms with Gasteiger partial charge in [-0.05, 0) is 61.9 Å². The Kier molecular flexibility index (Phi) is 10.3. The molecule has 0 aliphatic rings. The predicted molar refractivity (Wildman–Crippen MR) is 170 cm³/mol. The van der Waals surface area contributed by atoms with Gasteiger partial charge in [-0.1, -0.05) is 46.9 Å². The fraction of sp³-hybridized carbons (Fsp3) is 0.226. The zero-order chi connectivity index (χ0) is 31.3. The highest BCUT2D eigenvalue weighted by Crippen LogP contribution is 2.35. The Morgan fingerprint density at radius 2 is 1.77 bits per heavy atom. The number of imidazole rings is 1. The van der Waals surface area contributed by atoms with Gasteiger partial charge in [0.2, 0.25) is 11.8 Å². The lowest BCUT2D eigenvalue weighted by molar-refractivity contribution is -0.122. The fourth-order valence-electron chi connectivity index (χ4n) is 4.11. The molecule has 0 aliphatic carbocycles. The smallest absolute Gasteiger partial charge is 0.253 e. The molecule has 0 fully saturated rings. The van der Waals surface area contributed by atoms with Gasteiger partial charge >= 0.3 is 0 Å². The number of amides is 3. The van der Waals surface area contributed by atoms with E-state index in [1.807, 2.05) is 6.92 Å². The number of nitrogens with zero attached hydrogens (tertiary/aromatic N) is 4. The second-order valence-corrected chi connectivity index (χ2v) is 10.8. The van der Waals surface area contributed by atoms with Gasteiger partial charge < -0.3 is 19.9 Å². The van der Waals surface area contributed by atoms with E-state index in [1.165, 1.54) is 11.0 Å². The quantitative estimate of drug-likeness (QED) is 0.212. The third-order valence-corrected chi connectivity index (χ3v) is 8.04. The highest BCUT2D eigenvalue weighted by Gasteiger charge is 2.20. The summed E-state index contributed by atoms with van der Waals surface area (Å²) >= 11 is 19.4. The maximum atomic E-state index is 12.9. The second kappa shape index (κ2) is 13.9. The van der Waals surface area contributed by atoms with Crippen LogP contribution in [0.25, 0.3) is 11.7 Å². The average molecular weight is 643 g/mol. The summed E-state index contributed by atoms with van der Waals surface area (Å²) in [7, 11) is 3.29. The van der Waals surface area contributed by atoms with Crippen LogP contribution in [0.1, 0.15) is 34.1 Å². The summed E-state index contributed by atoms with van der Waals surface area (Å²) < 4.78 is 7.72. The Labute approximate surface area is 264 Å². The number of rotatable bonds is 10. The molecule has 0 saturated heterocycles. The van der Waals surface area contributed by atoms with Crippen LogP contribution in [0, 0.1) is 6.92 Å². The van der Waals surface area contributed by atoms with Crippen LogP contribution in [-0.4, -0.2) is 59.2 Å². The molecule has 1 N–H and O–H groups in total. The van der Waals surface area contributed by atoms with E-state index in [1.54, 1.807) is 91.1 Å². The topological polar surface area (TPSA) is 96.2 Å². The highest BCUT2D eigenvalue weighted by molar-refractivity contribution is 6.38. The molecule has 0 aliphatic heterocycles. The minimum Gasteiger partial charge on any atom is -0.485 e. The van der Waals surface area contributed by atoms with Crippen molar-refractivity contribution in [2.45, 2.75) is 20.5 Å². The van der Waals surface area contributed by atoms with Gasteiger partial charge in [0, 0.05) is 49.1 Å². The number of fused-ring (bicyclic) bond motifs is 1. The molecule has 224 valence electrons. The number of nitrogens with one attached hydrogen (secondary N) is 1. The average Bonchev–Trinajstić information content (AvgIpc) is 3.31. The lowest BCUT2D eigenvalue weighted by Crippen LogP contribution is -2.37. The normalized spacial score (nSPS) is 11.1. The zero-order valence-electron chi connectivity index (χ0n) is 24.0. The number of aryl methyl sites for hydroxylation is 1. The van der Waals surface area contributed by atoms with Crippen LogP contribution in [0.2, 0.25) is 15.2 Å². The van der Waals surface area contributed by atoms with E-state index in [0.29, 0.717) is 50.6 Å². The van der Waals surface area contributed by atoms with Crippen molar-refractivity contribution in [1.82, 2.24) is 19.6 Å². The predicted octanol–water partition coefficient (Wildman–Crippen LogP) is 6.07. The van der Waals surface area contributed by atoms with Crippen molar-refractivity contribution in [3.05, 3.63) is 98.4 Å². The van der Waals surface area contributed by atoms with Gasteiger partial charge in [-0.2, -0.15) is 0 Å². The van der Waals surface area contributed by atoms with E-state index in [9.17, 15) is 14.4 Å². The van der Waals surface area contributed by atoms with E-state index in [4.69, 9.17) is 39.5 Å². The number of aromatic nitrogens is 2. The first-order valence-corrected chi connectivity index (χ1v) is 14.5. The van der Waals surface area contributed by atoms with Crippen molar-refractivity contribution < 1.29 is 19.1 Å². The lowest BCUT2D eigenvalue weighted by atomic mass is 10.1. The van der Waals surface area contributed by atoms with Crippen molar-refractivity contribution in [2.24, 2.45) is 0 Å². The third-order valence-electron chi connectivity index (χ3n) is 6.81. The number of carbonyl (C=O) groups excluding carboxylic acids is 3. The number of benzene rings is 2. The van der Waals surface area contributed by atoms with Gasteiger partial charge in [-0.3, -0.25) is 18.8 Å². The van der Waals surface area contributed by atoms with Crippen LogP contribution in [0.15, 0.2) is 60.8 Å². The molecule has 9 nitrogen and oxygen atoms in total. The molecule has 2 aromatic heterocycles. The maximum Gasteiger partial charge on any atom is 0.253 e. The SMILES string of the molecule is CCN(C)C(=O)c1ccc(/C=C/C(=O)NCC(=O)N(C)c2ccc(Cl)c(COc3cccn4c(Cl)c(C)nc34)c2Cl)cc1. The molecular formula is C31H30Cl3N5O4. The van der Waals surface area contributed by atoms with Gasteiger partial charge in [0.05, 0.1) is 22.9 Å². The monoisotopic (exact) mass is 641 g/mol. The number of anilines is 1. The molecule has 0 unspecified atom stereocenters. The first-order chi connectivity index (χ1) is 20.5. The number of hydrogen-bond acceptors (Lipinski definition) is 5. The highest BCUT2D eigenvalue weighted by atomic mass is 35.5. The molecule has 4 rings (SSSR count). The number of halogens is 3. The molecule has 0 radical (unpaired) electrons. The fourth-order valence-corrected chi connectivity index (χ4v) is 4.90. The molecule has 43 heavy (non-hydrogen) atoms. The third kappa shape index (κ3) is 7.30. The molecule has 2 heterocycles. The summed E-state index contributed by atoms with van der Waals surface area (Å²) in [4.78, 5) is 44.9. The summed E-state index contributed by atoms with van der Waals surface area (Å²) in [5.41, 5.74) is 3.40. The van der Waals surface area contributed by atoms with Crippen LogP contribution in [0.4, 0.5) is 5.69 Å². The van der Waals surface area contributed by atoms with Crippen molar-refractivity contribution in [2.75, 3.05) is 32.1 Å². The van der Waals surface area contributed by atoms with Crippen molar-refractivity contribution in [3.63, 3.8) is 0 Å². The van der Waals surface area contributed by atoms with Crippen molar-refractivity contribution in [3.8, 4) is 5.75 Å². The van der Waals surface area contributed by atoms with Crippen LogP contribution >= 0.6 is 34.8 Å². The zero-order valence-corrected chi connectivity index (χ0v) is 26.3. The summed E-state index contributed by atoms with van der Waals surface area (Å²) in [6.07, 6.45) is 4.71. The van der Waals surface area contributed by atoms with Gasteiger partial charge in [0.1, 0.15) is 11.8 Å². The van der Waals surface area contributed by atoms with E-state index in [0.717, 1.165) is 5.56 Å². The Hall–Kier alpha value is -4.05. The number of ether oxygens (including phenoxy) is 1. The lowest BCUT2D eigenvalue weighted by Gasteiger charge is -2.21. The number of pyridine rings is 1. The van der Waals surface area contributed by atoms with Crippen LogP contribution in [-0.2, 0) is 16.2 Å². The van der Waals surface area contributed by atoms with E-state index < -0.39 is 11.8 Å². The van der Waals surface area contributed by atoms with E-state index in [2.05, 4.69) is 10.3 Å². The van der Waals surface area contributed by atoms with Gasteiger partial charge in [0.15, 0.2) is 11.4 Å². The van der Waals surface area contributed by atoms with E-state index in [-0.39, 0.29) is 24.1 Å². The minimum atomic E-state index is -0.451. The first-order valence-electron chi connectivity index (χ1n) is 13.3. The van der Waals surface area contributed by atoms with Gasteiger partial charge in [-0.15, -0.1) is 0 Å². The van der Waals surface area contributed by atoms with Crippen molar-refractivity contribution in [1.29, 1.82) is 0 Å². The van der Waals surface area contributed by atoms with Gasteiger partial charge in [0.25, 0.3) is 5.91 Å². The summed E-state index contributed by atoms with van der Waals surface area (Å²) in [5, 5.41) is 3.68. The Bertz CT molecular complexity index is 1700. The summed E-state index contributed by atoms with van der Waals surface area (Å²) in [6.45, 7) is 4.06. The molecule has 0 spiro atoms. The Balaban J connectivity index is 1.37. The second-order valence-electron chi connectivity index (χ2n) is 9.65. The molecule has 2 aromatic carbocycles. The van der Waals surface area contributed by atoms with Crippen LogP contribution in [0.5, 0.6) is 5.75 Å². The van der Waals surface area contributed by atoms with Gasteiger partial charge in [-0.25, -0.2) is 4.98 Å². The molecule has 0 bridgehead atoms. The summed E-state index contributed by atoms with van der Waals surface area (Å²) in [6, 6.07) is 13.7. The molecule has 0 atom stereocenters. The Morgan fingerprint density at radius 1 is 1.05 bits per heavy atom. The molecule has 12 heteroatoms. The van der Waals surface area contributed by atoms with Crippen LogP contribution in [0.3, 0.4) is 0 Å². The largest absolute Gasteiger partial charge is 0.485 e. The molecule has 0 saturated carbocycles. The molecule has 4 aromatic rings. The molecule has 3 amide bonds. The number of likely N-dealkylation sites (N-methyl/N-ethyl adjacent to an activating group) is 1. The maximum absolute atomic E-state index is 12.9. The van der Waals surface area contributed by atoms with E-state index >= 15 is 0 Å². The number of carbonyl (C=O) groups is 3. The Morgan fingerprint density at radius 3 is 2.47 bits per heavy atom. The minimum absolute atomic E-state index is 0.0166. The van der Waals surface area contributed by atoms with Crippen LogP contribution < -0.4 is 15.0 Å². The first kappa shape index (κ1) is 31.9. The molecular weight excluding hydrogens is 613 g/mol. The van der Waals surface area contributed by atoms with Crippen molar-refractivity contribution >= 4 is 69.9 Å². The number of hydrogen-bond donors (Lipinski definition) is 1.